The zero-order valence-electron chi connectivity index (χ0n) is 11.4. The molecule has 0 saturated carbocycles. The predicted molar refractivity (Wildman–Crippen MR) is 76.0 cm³/mol. The summed E-state index contributed by atoms with van der Waals surface area (Å²) in [7, 11) is 0. The normalized spacial score (nSPS) is 10.8. The summed E-state index contributed by atoms with van der Waals surface area (Å²) in [4.78, 5) is 3.83. The molecule has 3 rings (SSSR count). The Morgan fingerprint density at radius 1 is 1.27 bits per heavy atom. The first-order chi connectivity index (χ1) is 10.8. The van der Waals surface area contributed by atoms with Gasteiger partial charge < -0.3 is 9.15 Å². The van der Waals surface area contributed by atoms with Gasteiger partial charge in [0, 0.05) is 5.75 Å². The largest absolute Gasteiger partial charge is 0.490 e. The Morgan fingerprint density at radius 2 is 2.18 bits per heavy atom. The molecule has 0 spiro atoms. The van der Waals surface area contributed by atoms with Crippen LogP contribution in [0, 0.1) is 5.82 Å². The Labute approximate surface area is 129 Å². The van der Waals surface area contributed by atoms with Crippen LogP contribution in [-0.4, -0.2) is 37.3 Å². The van der Waals surface area contributed by atoms with Gasteiger partial charge in [0.2, 0.25) is 5.89 Å². The standard InChI is InChI=1S/C13H12FN5O2S/c14-10-3-1-2-4-11(10)20-5-6-22-13-18-17-12(21-13)7-19-9-15-8-16-19/h1-4,8-9H,5-7H2. The van der Waals surface area contributed by atoms with Crippen LogP contribution in [0.15, 0.2) is 46.6 Å². The minimum Gasteiger partial charge on any atom is -0.490 e. The number of aromatic nitrogens is 5. The van der Waals surface area contributed by atoms with E-state index in [1.807, 2.05) is 0 Å². The van der Waals surface area contributed by atoms with Gasteiger partial charge in [0.05, 0.1) is 6.61 Å². The van der Waals surface area contributed by atoms with Gasteiger partial charge in [-0.3, -0.25) is 0 Å². The van der Waals surface area contributed by atoms with Gasteiger partial charge in [-0.15, -0.1) is 10.2 Å². The van der Waals surface area contributed by atoms with Gasteiger partial charge in [-0.25, -0.2) is 14.1 Å². The van der Waals surface area contributed by atoms with E-state index in [1.54, 1.807) is 29.2 Å². The van der Waals surface area contributed by atoms with Crippen molar-refractivity contribution in [2.45, 2.75) is 11.8 Å². The molecule has 0 unspecified atom stereocenters. The van der Waals surface area contributed by atoms with Gasteiger partial charge in [0.15, 0.2) is 11.6 Å². The van der Waals surface area contributed by atoms with Gasteiger partial charge in [-0.2, -0.15) is 5.10 Å². The van der Waals surface area contributed by atoms with Gasteiger partial charge in [-0.05, 0) is 12.1 Å². The first-order valence-electron chi connectivity index (χ1n) is 6.46. The zero-order chi connectivity index (χ0) is 15.2. The quantitative estimate of drug-likeness (QED) is 0.486. The highest BCUT2D eigenvalue weighted by Crippen LogP contribution is 2.18. The molecular weight excluding hydrogens is 309 g/mol. The maximum Gasteiger partial charge on any atom is 0.276 e. The summed E-state index contributed by atoms with van der Waals surface area (Å²) < 4.78 is 25.7. The predicted octanol–water partition coefficient (Wildman–Crippen LogP) is 2.02. The van der Waals surface area contributed by atoms with Gasteiger partial charge in [0.25, 0.3) is 5.22 Å². The topological polar surface area (TPSA) is 78.9 Å². The fourth-order valence-electron chi connectivity index (χ4n) is 1.66. The molecule has 2 aromatic heterocycles. The number of nitrogens with zero attached hydrogens (tertiary/aromatic N) is 5. The molecule has 0 aliphatic carbocycles. The number of benzene rings is 1. The van der Waals surface area contributed by atoms with Crippen molar-refractivity contribution in [3.8, 4) is 5.75 Å². The van der Waals surface area contributed by atoms with Crippen molar-refractivity contribution >= 4 is 11.8 Å². The minimum absolute atomic E-state index is 0.237. The monoisotopic (exact) mass is 321 g/mol. The number of para-hydroxylation sites is 1. The van der Waals surface area contributed by atoms with Gasteiger partial charge in [0.1, 0.15) is 19.2 Å². The van der Waals surface area contributed by atoms with Crippen LogP contribution in [0.4, 0.5) is 4.39 Å². The van der Waals surface area contributed by atoms with E-state index in [9.17, 15) is 4.39 Å². The summed E-state index contributed by atoms with van der Waals surface area (Å²) in [6, 6.07) is 6.28. The van der Waals surface area contributed by atoms with Crippen molar-refractivity contribution in [3.63, 3.8) is 0 Å². The molecule has 7 nitrogen and oxygen atoms in total. The molecule has 9 heteroatoms. The van der Waals surface area contributed by atoms with Crippen molar-refractivity contribution in [2.75, 3.05) is 12.4 Å². The molecule has 0 bridgehead atoms. The van der Waals surface area contributed by atoms with Crippen LogP contribution < -0.4 is 4.74 Å². The van der Waals surface area contributed by atoms with Crippen LogP contribution in [0.25, 0.3) is 0 Å². The van der Waals surface area contributed by atoms with E-state index >= 15 is 0 Å². The fraction of sp³-hybridized carbons (Fsp3) is 0.231. The molecule has 0 fully saturated rings. The number of halogens is 1. The lowest BCUT2D eigenvalue weighted by Gasteiger charge is -2.05. The number of thioether (sulfide) groups is 1. The highest BCUT2D eigenvalue weighted by Gasteiger charge is 2.08. The second-order valence-corrected chi connectivity index (χ2v) is 5.23. The van der Waals surface area contributed by atoms with E-state index in [1.165, 1.54) is 24.2 Å². The second kappa shape index (κ2) is 7.03. The summed E-state index contributed by atoms with van der Waals surface area (Å²) >= 11 is 1.35. The molecule has 2 heterocycles. The van der Waals surface area contributed by atoms with Crippen LogP contribution in [0.1, 0.15) is 5.89 Å². The average molecular weight is 321 g/mol. The Morgan fingerprint density at radius 3 is 3.00 bits per heavy atom. The van der Waals surface area contributed by atoms with Crippen molar-refractivity contribution in [2.24, 2.45) is 0 Å². The molecule has 0 saturated heterocycles. The summed E-state index contributed by atoms with van der Waals surface area (Å²) in [6.07, 6.45) is 3.01. The Bertz CT molecular complexity index is 719. The minimum atomic E-state index is -0.375. The highest BCUT2D eigenvalue weighted by molar-refractivity contribution is 7.99. The van der Waals surface area contributed by atoms with Crippen LogP contribution in [0.2, 0.25) is 0 Å². The lowest BCUT2D eigenvalue weighted by atomic mass is 10.3. The third kappa shape index (κ3) is 3.82. The molecule has 114 valence electrons. The number of hydrogen-bond acceptors (Lipinski definition) is 7. The Hall–Kier alpha value is -2.42. The van der Waals surface area contributed by atoms with Crippen molar-refractivity contribution < 1.29 is 13.5 Å². The average Bonchev–Trinajstić information content (AvgIpc) is 3.18. The van der Waals surface area contributed by atoms with Gasteiger partial charge in [-0.1, -0.05) is 23.9 Å². The van der Waals surface area contributed by atoms with Crippen molar-refractivity contribution in [1.29, 1.82) is 0 Å². The molecule has 0 N–H and O–H groups in total. The fourth-order valence-corrected chi connectivity index (χ4v) is 2.25. The molecule has 0 aliphatic rings. The van der Waals surface area contributed by atoms with E-state index < -0.39 is 0 Å². The summed E-state index contributed by atoms with van der Waals surface area (Å²) in [6.45, 7) is 0.714. The SMILES string of the molecule is Fc1ccccc1OCCSc1nnc(Cn2cncn2)o1. The molecule has 1 aromatic carbocycles. The van der Waals surface area contributed by atoms with E-state index in [-0.39, 0.29) is 11.6 Å². The summed E-state index contributed by atoms with van der Waals surface area (Å²) in [5, 5.41) is 12.2. The van der Waals surface area contributed by atoms with Gasteiger partial charge >= 0.3 is 0 Å². The molecule has 0 aliphatic heterocycles. The first kappa shape index (κ1) is 14.5. The van der Waals surface area contributed by atoms with Crippen LogP contribution in [0.3, 0.4) is 0 Å². The maximum atomic E-state index is 13.3. The smallest absolute Gasteiger partial charge is 0.276 e. The van der Waals surface area contributed by atoms with Crippen LogP contribution in [0.5, 0.6) is 5.75 Å². The summed E-state index contributed by atoms with van der Waals surface area (Å²) in [5.41, 5.74) is 0. The number of hydrogen-bond donors (Lipinski definition) is 0. The molecule has 0 radical (unpaired) electrons. The lowest BCUT2D eigenvalue weighted by Crippen LogP contribution is -2.01. The Kier molecular flexibility index (Phi) is 4.64. The third-order valence-electron chi connectivity index (χ3n) is 2.62. The maximum absolute atomic E-state index is 13.3. The molecule has 3 aromatic rings. The molecule has 0 amide bonds. The van der Waals surface area contributed by atoms with Crippen LogP contribution in [-0.2, 0) is 6.54 Å². The molecule has 0 atom stereocenters. The first-order valence-corrected chi connectivity index (χ1v) is 7.45. The molecule has 22 heavy (non-hydrogen) atoms. The summed E-state index contributed by atoms with van der Waals surface area (Å²) in [5.74, 6) is 0.878. The van der Waals surface area contributed by atoms with Crippen molar-refractivity contribution in [1.82, 2.24) is 25.0 Å². The lowest BCUT2D eigenvalue weighted by molar-refractivity contribution is 0.324. The number of rotatable bonds is 7. The number of ether oxygens (including phenoxy) is 1. The van der Waals surface area contributed by atoms with E-state index in [4.69, 9.17) is 9.15 Å². The van der Waals surface area contributed by atoms with E-state index in [2.05, 4.69) is 20.3 Å². The zero-order valence-corrected chi connectivity index (χ0v) is 12.2. The molecular formula is C13H12FN5O2S. The highest BCUT2D eigenvalue weighted by atomic mass is 32.2. The van der Waals surface area contributed by atoms with Crippen molar-refractivity contribution in [3.05, 3.63) is 48.6 Å². The second-order valence-electron chi connectivity index (χ2n) is 4.18. The van der Waals surface area contributed by atoms with E-state index in [0.717, 1.165) is 0 Å². The van der Waals surface area contributed by atoms with Crippen LogP contribution >= 0.6 is 11.8 Å². The van der Waals surface area contributed by atoms with E-state index in [0.29, 0.717) is 30.0 Å². The Balaban J connectivity index is 1.44. The third-order valence-corrected chi connectivity index (χ3v) is 3.40.